The molecule has 0 bridgehead atoms. The van der Waals surface area contributed by atoms with E-state index in [9.17, 15) is 15.0 Å². The minimum absolute atomic E-state index is 0.179. The highest BCUT2D eigenvalue weighted by Gasteiger charge is 2.56. The first kappa shape index (κ1) is 20.9. The Morgan fingerprint density at radius 3 is 2.67 bits per heavy atom. The van der Waals surface area contributed by atoms with Crippen molar-refractivity contribution in [1.82, 2.24) is 0 Å². The van der Waals surface area contributed by atoms with E-state index in [0.29, 0.717) is 18.3 Å². The molecule has 27 heavy (non-hydrogen) atoms. The number of hydrogen-bond acceptors (Lipinski definition) is 3. The van der Waals surface area contributed by atoms with Crippen LogP contribution in [0.3, 0.4) is 0 Å². The fourth-order valence-corrected chi connectivity index (χ4v) is 6.37. The van der Waals surface area contributed by atoms with E-state index in [0.717, 1.165) is 51.4 Å². The van der Waals surface area contributed by atoms with Crippen molar-refractivity contribution in [2.24, 2.45) is 23.2 Å². The van der Waals surface area contributed by atoms with Crippen LogP contribution in [0.1, 0.15) is 90.4 Å². The van der Waals surface area contributed by atoms with Crippen LogP contribution in [0.4, 0.5) is 0 Å². The summed E-state index contributed by atoms with van der Waals surface area (Å²) in [6.07, 6.45) is 14.4. The van der Waals surface area contributed by atoms with Crippen molar-refractivity contribution < 1.29 is 20.1 Å². The van der Waals surface area contributed by atoms with Gasteiger partial charge in [-0.25, -0.2) is 0 Å². The monoisotopic (exact) mass is 378 g/mol. The van der Waals surface area contributed by atoms with Crippen molar-refractivity contribution in [1.29, 1.82) is 0 Å². The predicted octanol–water partition coefficient (Wildman–Crippen LogP) is 4.69. The Bertz CT molecular complexity index is 536. The molecular weight excluding hydrogens is 340 g/mol. The quantitative estimate of drug-likeness (QED) is 0.536. The van der Waals surface area contributed by atoms with Gasteiger partial charge in [0.2, 0.25) is 0 Å². The lowest BCUT2D eigenvalue weighted by Gasteiger charge is -2.60. The topological polar surface area (TPSA) is 77.8 Å². The van der Waals surface area contributed by atoms with Crippen LogP contribution in [0, 0.1) is 23.2 Å². The largest absolute Gasteiger partial charge is 0.481 e. The van der Waals surface area contributed by atoms with Crippen LogP contribution >= 0.6 is 0 Å². The molecule has 0 heterocycles. The van der Waals surface area contributed by atoms with E-state index in [2.05, 4.69) is 13.0 Å². The summed E-state index contributed by atoms with van der Waals surface area (Å²) in [6.45, 7) is 2.24. The van der Waals surface area contributed by atoms with Gasteiger partial charge in [0.25, 0.3) is 0 Å². The zero-order valence-electron chi connectivity index (χ0n) is 16.9. The maximum Gasteiger partial charge on any atom is 0.303 e. The van der Waals surface area contributed by atoms with Gasteiger partial charge in [-0.3, -0.25) is 4.79 Å². The molecule has 3 N–H and O–H groups in total. The molecule has 5 atom stereocenters. The molecule has 3 fully saturated rings. The number of fused-ring (bicyclic) bond motifs is 1. The van der Waals surface area contributed by atoms with Gasteiger partial charge in [-0.15, -0.1) is 0 Å². The number of aliphatic hydroxyl groups excluding tert-OH is 2. The van der Waals surface area contributed by atoms with E-state index in [1.165, 1.54) is 24.8 Å². The van der Waals surface area contributed by atoms with Crippen LogP contribution < -0.4 is 0 Å². The van der Waals surface area contributed by atoms with Crippen LogP contribution in [-0.4, -0.2) is 33.5 Å². The second-order valence-corrected chi connectivity index (χ2v) is 9.29. The summed E-state index contributed by atoms with van der Waals surface area (Å²) in [7, 11) is 0. The average Bonchev–Trinajstić information content (AvgIpc) is 2.66. The van der Waals surface area contributed by atoms with Crippen molar-refractivity contribution in [3.63, 3.8) is 0 Å². The zero-order valence-corrected chi connectivity index (χ0v) is 16.9. The normalized spacial score (nSPS) is 36.9. The average molecular weight is 379 g/mol. The minimum Gasteiger partial charge on any atom is -0.481 e. The van der Waals surface area contributed by atoms with E-state index in [4.69, 9.17) is 5.11 Å². The van der Waals surface area contributed by atoms with E-state index in [1.54, 1.807) is 0 Å². The summed E-state index contributed by atoms with van der Waals surface area (Å²) in [6, 6.07) is 0. The number of allylic oxidation sites excluding steroid dienone is 2. The second kappa shape index (κ2) is 9.09. The highest BCUT2D eigenvalue weighted by atomic mass is 16.4. The van der Waals surface area contributed by atoms with Crippen molar-refractivity contribution >= 4 is 5.97 Å². The molecule has 1 unspecified atom stereocenters. The Morgan fingerprint density at radius 1 is 1.26 bits per heavy atom. The highest BCUT2D eigenvalue weighted by Crippen LogP contribution is 2.63. The molecule has 0 spiro atoms. The lowest BCUT2D eigenvalue weighted by Crippen LogP contribution is -2.53. The number of carbonyl (C=O) groups is 1. The molecule has 0 aromatic carbocycles. The van der Waals surface area contributed by atoms with Crippen molar-refractivity contribution in [3.8, 4) is 0 Å². The molecule has 0 saturated heterocycles. The van der Waals surface area contributed by atoms with Crippen LogP contribution in [-0.2, 0) is 4.79 Å². The smallest absolute Gasteiger partial charge is 0.303 e. The van der Waals surface area contributed by atoms with E-state index >= 15 is 0 Å². The van der Waals surface area contributed by atoms with Gasteiger partial charge in [0.15, 0.2) is 0 Å². The maximum atomic E-state index is 10.8. The molecule has 0 radical (unpaired) electrons. The molecule has 0 amide bonds. The summed E-state index contributed by atoms with van der Waals surface area (Å²) < 4.78 is 0. The molecule has 3 rings (SSSR count). The molecule has 3 aliphatic rings. The number of aliphatic carboxylic acids is 1. The third-order valence-corrected chi connectivity index (χ3v) is 8.06. The molecule has 3 aliphatic carbocycles. The van der Waals surface area contributed by atoms with Gasteiger partial charge in [0.1, 0.15) is 0 Å². The first-order chi connectivity index (χ1) is 13.0. The van der Waals surface area contributed by atoms with E-state index in [1.807, 2.05) is 0 Å². The van der Waals surface area contributed by atoms with E-state index < -0.39 is 5.97 Å². The Hall–Kier alpha value is -0.870. The first-order valence-corrected chi connectivity index (χ1v) is 11.3. The molecule has 0 aliphatic heterocycles. The van der Waals surface area contributed by atoms with Gasteiger partial charge in [-0.2, -0.15) is 0 Å². The van der Waals surface area contributed by atoms with Crippen molar-refractivity contribution in [2.75, 3.05) is 0 Å². The Morgan fingerprint density at radius 2 is 2.00 bits per heavy atom. The molecule has 154 valence electrons. The highest BCUT2D eigenvalue weighted by molar-refractivity contribution is 5.66. The summed E-state index contributed by atoms with van der Waals surface area (Å²) >= 11 is 0. The van der Waals surface area contributed by atoms with Gasteiger partial charge < -0.3 is 15.3 Å². The van der Waals surface area contributed by atoms with Crippen molar-refractivity contribution in [3.05, 3.63) is 11.6 Å². The summed E-state index contributed by atoms with van der Waals surface area (Å²) in [4.78, 5) is 10.8. The number of aliphatic hydroxyl groups is 2. The van der Waals surface area contributed by atoms with Gasteiger partial charge in [-0.05, 0) is 81.0 Å². The van der Waals surface area contributed by atoms with Crippen LogP contribution in [0.5, 0.6) is 0 Å². The summed E-state index contributed by atoms with van der Waals surface area (Å²) in [5.74, 6) is 0.514. The maximum absolute atomic E-state index is 10.8. The Balaban J connectivity index is 1.60. The third kappa shape index (κ3) is 4.42. The SMILES string of the molecule is CC[C@@]12CC[C@H](O)[C@@H](CCC(O)C3CCCCC3)[C@@H]1CC2=CCCC(=O)O. The minimum atomic E-state index is -0.734. The lowest BCUT2D eigenvalue weighted by atomic mass is 9.45. The lowest BCUT2D eigenvalue weighted by molar-refractivity contribution is -0.136. The Labute approximate surface area is 164 Å². The standard InChI is InChI=1S/C23H38O4/c1-2-23-14-13-21(25)18(11-12-20(24)16-7-4-3-5-8-16)19(23)15-17(23)9-6-10-22(26)27/h9,16,18-21,24-25H,2-8,10-15H2,1H3,(H,26,27)/t18-,19-,20?,21-,23-/m0/s1. The Kier molecular flexibility index (Phi) is 7.02. The van der Waals surface area contributed by atoms with Crippen LogP contribution in [0.2, 0.25) is 0 Å². The number of rotatable bonds is 8. The van der Waals surface area contributed by atoms with Gasteiger partial charge in [0, 0.05) is 6.42 Å². The van der Waals surface area contributed by atoms with Crippen LogP contribution in [0.25, 0.3) is 0 Å². The summed E-state index contributed by atoms with van der Waals surface area (Å²) in [5.41, 5.74) is 1.61. The molecule has 4 nitrogen and oxygen atoms in total. The third-order valence-electron chi connectivity index (χ3n) is 8.06. The zero-order chi connectivity index (χ0) is 19.4. The number of carboxylic acid groups (broad SMARTS) is 1. The van der Waals surface area contributed by atoms with Crippen LogP contribution in [0.15, 0.2) is 11.6 Å². The molecular formula is C23H38O4. The predicted molar refractivity (Wildman–Crippen MR) is 106 cm³/mol. The fourth-order valence-electron chi connectivity index (χ4n) is 6.37. The van der Waals surface area contributed by atoms with Gasteiger partial charge >= 0.3 is 5.97 Å². The number of hydrogen-bond donors (Lipinski definition) is 3. The summed E-state index contributed by atoms with van der Waals surface area (Å²) in [5, 5.41) is 30.2. The number of carboxylic acids is 1. The van der Waals surface area contributed by atoms with Crippen molar-refractivity contribution in [2.45, 2.75) is 103 Å². The molecule has 3 saturated carbocycles. The van der Waals surface area contributed by atoms with E-state index in [-0.39, 0.29) is 30.0 Å². The van der Waals surface area contributed by atoms with Gasteiger partial charge in [-0.1, -0.05) is 37.8 Å². The second-order valence-electron chi connectivity index (χ2n) is 9.29. The molecule has 0 aromatic rings. The molecule has 0 aromatic heterocycles. The first-order valence-electron chi connectivity index (χ1n) is 11.3. The van der Waals surface area contributed by atoms with Gasteiger partial charge in [0.05, 0.1) is 12.2 Å². The molecule has 4 heteroatoms. The fraction of sp³-hybridized carbons (Fsp3) is 0.870.